The van der Waals surface area contributed by atoms with Crippen LogP contribution >= 0.6 is 11.3 Å². The summed E-state index contributed by atoms with van der Waals surface area (Å²) in [6, 6.07) is 1.17. The fourth-order valence-electron chi connectivity index (χ4n) is 3.43. The number of hydrogen-bond donors (Lipinski definition) is 1. The van der Waals surface area contributed by atoms with E-state index >= 15 is 0 Å². The molecule has 0 radical (unpaired) electrons. The van der Waals surface area contributed by atoms with Gasteiger partial charge in [-0.25, -0.2) is 4.98 Å². The minimum absolute atomic E-state index is 0.504. The third-order valence-electron chi connectivity index (χ3n) is 4.63. The van der Waals surface area contributed by atoms with Crippen molar-refractivity contribution in [2.45, 2.75) is 70.9 Å². The molecule has 20 heavy (non-hydrogen) atoms. The smallest absolute Gasteiger partial charge is 0.186 e. The van der Waals surface area contributed by atoms with Gasteiger partial charge in [-0.15, -0.1) is 11.3 Å². The highest BCUT2D eigenvalue weighted by Crippen LogP contribution is 2.38. The summed E-state index contributed by atoms with van der Waals surface area (Å²) >= 11 is 1.96. The van der Waals surface area contributed by atoms with Crippen LogP contribution in [0.2, 0.25) is 0 Å². The number of anilines is 1. The van der Waals surface area contributed by atoms with E-state index in [0.29, 0.717) is 12.1 Å². The molecule has 0 amide bonds. The minimum atomic E-state index is 0.504. The Morgan fingerprint density at radius 2 is 2.20 bits per heavy atom. The Hall–Kier alpha value is -0.610. The first-order chi connectivity index (χ1) is 9.79. The number of aromatic nitrogens is 1. The minimum Gasteiger partial charge on any atom is -0.345 e. The fourth-order valence-corrected chi connectivity index (χ4v) is 4.72. The third-order valence-corrected chi connectivity index (χ3v) is 5.80. The summed E-state index contributed by atoms with van der Waals surface area (Å²) in [5.74, 6) is 0. The lowest BCUT2D eigenvalue weighted by Gasteiger charge is -2.33. The van der Waals surface area contributed by atoms with Crippen LogP contribution < -0.4 is 10.2 Å². The van der Waals surface area contributed by atoms with Crippen LogP contribution in [-0.2, 0) is 6.42 Å². The molecule has 112 valence electrons. The summed E-state index contributed by atoms with van der Waals surface area (Å²) in [7, 11) is 0. The van der Waals surface area contributed by atoms with Gasteiger partial charge < -0.3 is 10.2 Å². The lowest BCUT2D eigenvalue weighted by Crippen LogP contribution is -2.37. The first-order valence-electron chi connectivity index (χ1n) is 8.29. The van der Waals surface area contributed by atoms with Gasteiger partial charge in [-0.05, 0) is 58.4 Å². The van der Waals surface area contributed by atoms with E-state index in [-0.39, 0.29) is 0 Å². The van der Waals surface area contributed by atoms with Crippen molar-refractivity contribution in [3.8, 4) is 0 Å². The van der Waals surface area contributed by atoms with E-state index in [9.17, 15) is 0 Å². The van der Waals surface area contributed by atoms with Crippen molar-refractivity contribution in [3.05, 3.63) is 10.6 Å². The SMILES string of the molecule is CCCNC1CCCc2sc(N3CCCCC3C)nc21. The Morgan fingerprint density at radius 1 is 1.30 bits per heavy atom. The molecule has 1 fully saturated rings. The molecule has 1 N–H and O–H groups in total. The molecule has 2 heterocycles. The van der Waals surface area contributed by atoms with Crippen LogP contribution in [0.5, 0.6) is 0 Å². The molecule has 1 aromatic heterocycles. The largest absolute Gasteiger partial charge is 0.345 e. The van der Waals surface area contributed by atoms with Crippen LogP contribution in [0, 0.1) is 0 Å². The van der Waals surface area contributed by atoms with Gasteiger partial charge in [-0.2, -0.15) is 0 Å². The molecule has 0 saturated carbocycles. The zero-order valence-electron chi connectivity index (χ0n) is 12.8. The lowest BCUT2D eigenvalue weighted by molar-refractivity contribution is 0.452. The van der Waals surface area contributed by atoms with Crippen LogP contribution in [0.4, 0.5) is 5.13 Å². The van der Waals surface area contributed by atoms with Gasteiger partial charge in [-0.3, -0.25) is 0 Å². The Labute approximate surface area is 126 Å². The molecule has 0 aromatic carbocycles. The Bertz CT molecular complexity index is 443. The van der Waals surface area contributed by atoms with Gasteiger partial charge in [0.2, 0.25) is 0 Å². The summed E-state index contributed by atoms with van der Waals surface area (Å²) in [6.45, 7) is 6.89. The normalized spacial score (nSPS) is 26.6. The van der Waals surface area contributed by atoms with E-state index < -0.39 is 0 Å². The highest BCUT2D eigenvalue weighted by atomic mass is 32.1. The second kappa shape index (κ2) is 6.44. The highest BCUT2D eigenvalue weighted by molar-refractivity contribution is 7.15. The number of aryl methyl sites for hydroxylation is 1. The Kier molecular flexibility index (Phi) is 4.61. The second-order valence-electron chi connectivity index (χ2n) is 6.24. The second-order valence-corrected chi connectivity index (χ2v) is 7.30. The third kappa shape index (κ3) is 2.86. The molecule has 1 aromatic rings. The highest BCUT2D eigenvalue weighted by Gasteiger charge is 2.28. The average molecular weight is 293 g/mol. The van der Waals surface area contributed by atoms with E-state index in [2.05, 4.69) is 24.1 Å². The number of rotatable bonds is 4. The standard InChI is InChI=1S/C16H27N3S/c1-3-10-17-13-8-6-9-14-15(13)18-16(20-14)19-11-5-4-7-12(19)2/h12-13,17H,3-11H2,1-2H3. The Balaban J connectivity index is 1.79. The number of nitrogens with one attached hydrogen (secondary N) is 1. The molecular weight excluding hydrogens is 266 g/mol. The monoisotopic (exact) mass is 293 g/mol. The topological polar surface area (TPSA) is 28.2 Å². The summed E-state index contributed by atoms with van der Waals surface area (Å²) in [5.41, 5.74) is 1.36. The molecule has 1 saturated heterocycles. The first kappa shape index (κ1) is 14.3. The van der Waals surface area contributed by atoms with Gasteiger partial charge in [0, 0.05) is 17.5 Å². The van der Waals surface area contributed by atoms with E-state index in [0.717, 1.165) is 6.54 Å². The maximum atomic E-state index is 5.04. The molecule has 1 aliphatic heterocycles. The zero-order valence-corrected chi connectivity index (χ0v) is 13.6. The molecular formula is C16H27N3S. The van der Waals surface area contributed by atoms with Crippen molar-refractivity contribution in [1.29, 1.82) is 0 Å². The lowest BCUT2D eigenvalue weighted by atomic mass is 9.97. The zero-order chi connectivity index (χ0) is 13.9. The summed E-state index contributed by atoms with van der Waals surface area (Å²) < 4.78 is 0. The molecule has 3 rings (SSSR count). The van der Waals surface area contributed by atoms with Crippen LogP contribution in [-0.4, -0.2) is 24.1 Å². The van der Waals surface area contributed by atoms with Crippen molar-refractivity contribution in [2.24, 2.45) is 0 Å². The summed E-state index contributed by atoms with van der Waals surface area (Å²) in [6.07, 6.45) is 9.03. The summed E-state index contributed by atoms with van der Waals surface area (Å²) in [5, 5.41) is 4.97. The van der Waals surface area contributed by atoms with Gasteiger partial charge in [0.25, 0.3) is 0 Å². The van der Waals surface area contributed by atoms with Gasteiger partial charge in [0.05, 0.1) is 11.7 Å². The molecule has 0 bridgehead atoms. The maximum Gasteiger partial charge on any atom is 0.186 e. The molecule has 3 nitrogen and oxygen atoms in total. The summed E-state index contributed by atoms with van der Waals surface area (Å²) in [4.78, 5) is 9.13. The quantitative estimate of drug-likeness (QED) is 0.912. The molecule has 0 spiro atoms. The molecule has 2 aliphatic rings. The fraction of sp³-hybridized carbons (Fsp3) is 0.812. The van der Waals surface area contributed by atoms with E-state index in [1.165, 1.54) is 67.2 Å². The predicted octanol–water partition coefficient (Wildman–Crippen LogP) is 3.90. The van der Waals surface area contributed by atoms with Crippen molar-refractivity contribution < 1.29 is 0 Å². The number of hydrogen-bond acceptors (Lipinski definition) is 4. The van der Waals surface area contributed by atoms with Crippen LogP contribution in [0.25, 0.3) is 0 Å². The molecule has 2 unspecified atom stereocenters. The molecule has 1 aliphatic carbocycles. The van der Waals surface area contributed by atoms with Gasteiger partial charge in [-0.1, -0.05) is 6.92 Å². The van der Waals surface area contributed by atoms with Gasteiger partial charge in [0.15, 0.2) is 5.13 Å². The van der Waals surface area contributed by atoms with Crippen LogP contribution in [0.1, 0.15) is 69.0 Å². The number of nitrogens with zero attached hydrogens (tertiary/aromatic N) is 2. The Morgan fingerprint density at radius 3 is 3.00 bits per heavy atom. The maximum absolute atomic E-state index is 5.04. The molecule has 4 heteroatoms. The van der Waals surface area contributed by atoms with Gasteiger partial charge >= 0.3 is 0 Å². The predicted molar refractivity (Wildman–Crippen MR) is 86.7 cm³/mol. The van der Waals surface area contributed by atoms with Crippen molar-refractivity contribution in [1.82, 2.24) is 10.3 Å². The van der Waals surface area contributed by atoms with Crippen LogP contribution in [0.3, 0.4) is 0 Å². The average Bonchev–Trinajstić information content (AvgIpc) is 2.89. The van der Waals surface area contributed by atoms with Crippen molar-refractivity contribution in [3.63, 3.8) is 0 Å². The van der Waals surface area contributed by atoms with E-state index in [1.54, 1.807) is 0 Å². The van der Waals surface area contributed by atoms with Crippen molar-refractivity contribution >= 4 is 16.5 Å². The van der Waals surface area contributed by atoms with Crippen LogP contribution in [0.15, 0.2) is 0 Å². The number of fused-ring (bicyclic) bond motifs is 1. The first-order valence-corrected chi connectivity index (χ1v) is 9.11. The number of piperidine rings is 1. The number of thiazole rings is 1. The van der Waals surface area contributed by atoms with Gasteiger partial charge in [0.1, 0.15) is 0 Å². The van der Waals surface area contributed by atoms with E-state index in [4.69, 9.17) is 4.98 Å². The molecule has 2 atom stereocenters. The van der Waals surface area contributed by atoms with E-state index in [1.807, 2.05) is 11.3 Å². The van der Waals surface area contributed by atoms with Crippen molar-refractivity contribution in [2.75, 3.05) is 18.0 Å².